The van der Waals surface area contributed by atoms with Gasteiger partial charge in [0, 0.05) is 12.6 Å². The van der Waals surface area contributed by atoms with E-state index in [0.717, 1.165) is 16.6 Å². The highest BCUT2D eigenvalue weighted by Gasteiger charge is 2.07. The number of hydrogen-bond donors (Lipinski definition) is 1. The van der Waals surface area contributed by atoms with Crippen LogP contribution in [0.25, 0.3) is 0 Å². The molecule has 0 unspecified atom stereocenters. The van der Waals surface area contributed by atoms with Gasteiger partial charge in [0.2, 0.25) is 0 Å². The summed E-state index contributed by atoms with van der Waals surface area (Å²) >= 11 is 2.71. The predicted octanol–water partition coefficient (Wildman–Crippen LogP) is 2.34. The minimum atomic E-state index is -0.974. The molecule has 0 saturated carbocycles. The summed E-state index contributed by atoms with van der Waals surface area (Å²) in [6, 6.07) is 3.20. The van der Waals surface area contributed by atoms with Gasteiger partial charge in [-0.15, -0.1) is 0 Å². The van der Waals surface area contributed by atoms with Crippen LogP contribution in [0.4, 0.5) is 0 Å². The monoisotopic (exact) mass is 267 g/mol. The van der Waals surface area contributed by atoms with E-state index in [1.807, 2.05) is 6.92 Å². The van der Waals surface area contributed by atoms with E-state index >= 15 is 0 Å². The van der Waals surface area contributed by atoms with Crippen molar-refractivity contribution in [2.24, 2.45) is 0 Å². The van der Waals surface area contributed by atoms with E-state index in [1.165, 1.54) is 35.6 Å². The van der Waals surface area contributed by atoms with Gasteiger partial charge in [-0.3, -0.25) is 0 Å². The first-order valence-corrected chi connectivity index (χ1v) is 6.48. The third kappa shape index (κ3) is 3.01. The maximum Gasteiger partial charge on any atom is 0.337 e. The zero-order valence-corrected chi connectivity index (χ0v) is 10.6. The highest BCUT2D eigenvalue weighted by Crippen LogP contribution is 2.27. The zero-order valence-electron chi connectivity index (χ0n) is 8.95. The molecule has 7 heteroatoms. The second kappa shape index (κ2) is 5.24. The van der Waals surface area contributed by atoms with Crippen LogP contribution in [0.3, 0.4) is 0 Å². The summed E-state index contributed by atoms with van der Waals surface area (Å²) in [7, 11) is 0. The first kappa shape index (κ1) is 12.0. The molecule has 0 aliphatic rings. The molecule has 2 heterocycles. The molecule has 1 N–H and O–H groups in total. The Kier molecular flexibility index (Phi) is 3.70. The van der Waals surface area contributed by atoms with Crippen molar-refractivity contribution in [3.05, 3.63) is 29.7 Å². The lowest BCUT2D eigenvalue weighted by Gasteiger charge is -1.97. The van der Waals surface area contributed by atoms with Crippen molar-refractivity contribution < 1.29 is 9.90 Å². The summed E-state index contributed by atoms with van der Waals surface area (Å²) in [5.41, 5.74) is 0.181. The fourth-order valence-electron chi connectivity index (χ4n) is 1.08. The van der Waals surface area contributed by atoms with Gasteiger partial charge in [-0.2, -0.15) is 4.37 Å². The summed E-state index contributed by atoms with van der Waals surface area (Å²) in [6.45, 7) is 2.00. The molecule has 0 atom stereocenters. The Hall–Kier alpha value is -1.47. The maximum atomic E-state index is 10.6. The van der Waals surface area contributed by atoms with Gasteiger partial charge in [0.15, 0.2) is 4.34 Å². The molecule has 0 fully saturated rings. The zero-order chi connectivity index (χ0) is 12.3. The normalized spacial score (nSPS) is 10.4. The quantitative estimate of drug-likeness (QED) is 0.916. The maximum absolute atomic E-state index is 10.6. The largest absolute Gasteiger partial charge is 0.478 e. The van der Waals surface area contributed by atoms with Gasteiger partial charge >= 0.3 is 5.97 Å². The molecular formula is C10H9N3O2S2. The molecule has 2 rings (SSSR count). The number of nitrogens with zero attached hydrogens (tertiary/aromatic N) is 3. The summed E-state index contributed by atoms with van der Waals surface area (Å²) < 4.78 is 4.98. The number of carboxylic acid groups (broad SMARTS) is 1. The van der Waals surface area contributed by atoms with Crippen molar-refractivity contribution in [2.45, 2.75) is 22.7 Å². The van der Waals surface area contributed by atoms with Crippen LogP contribution in [0.2, 0.25) is 0 Å². The van der Waals surface area contributed by atoms with E-state index in [1.54, 1.807) is 6.07 Å². The van der Waals surface area contributed by atoms with Gasteiger partial charge in [-0.1, -0.05) is 6.92 Å². The summed E-state index contributed by atoms with van der Waals surface area (Å²) in [4.78, 5) is 19.0. The number of pyridine rings is 1. The summed E-state index contributed by atoms with van der Waals surface area (Å²) in [5, 5.41) is 9.45. The standard InChI is InChI=1S/C10H9N3O2S2/c1-2-7-12-10(17-13-7)16-8-4-3-6(5-11-8)9(14)15/h3-5H,2H2,1H3,(H,14,15). The van der Waals surface area contributed by atoms with Gasteiger partial charge in [0.25, 0.3) is 0 Å². The molecule has 0 aliphatic heterocycles. The Balaban J connectivity index is 2.10. The molecular weight excluding hydrogens is 258 g/mol. The first-order chi connectivity index (χ1) is 8.19. The molecule has 0 aliphatic carbocycles. The van der Waals surface area contributed by atoms with E-state index < -0.39 is 5.97 Å². The average Bonchev–Trinajstić information content (AvgIpc) is 2.77. The van der Waals surface area contributed by atoms with E-state index in [2.05, 4.69) is 14.3 Å². The summed E-state index contributed by atoms with van der Waals surface area (Å²) in [6.07, 6.45) is 2.15. The number of aromatic carboxylic acids is 1. The van der Waals surface area contributed by atoms with Crippen molar-refractivity contribution in [3.8, 4) is 0 Å². The van der Waals surface area contributed by atoms with Gasteiger partial charge in [-0.05, 0) is 35.4 Å². The molecule has 2 aromatic heterocycles. The number of hydrogen-bond acceptors (Lipinski definition) is 6. The highest BCUT2D eigenvalue weighted by molar-refractivity contribution is 8.00. The van der Waals surface area contributed by atoms with Crippen LogP contribution in [-0.2, 0) is 6.42 Å². The van der Waals surface area contributed by atoms with E-state index in [-0.39, 0.29) is 5.56 Å². The lowest BCUT2D eigenvalue weighted by Crippen LogP contribution is -1.96. The Morgan fingerprint density at radius 1 is 1.53 bits per heavy atom. The van der Waals surface area contributed by atoms with Crippen molar-refractivity contribution in [2.75, 3.05) is 0 Å². The topological polar surface area (TPSA) is 76.0 Å². The molecule has 0 amide bonds. The molecule has 5 nitrogen and oxygen atoms in total. The number of carbonyl (C=O) groups is 1. The Labute approximate surface area is 106 Å². The van der Waals surface area contributed by atoms with Gasteiger partial charge in [-0.25, -0.2) is 14.8 Å². The highest BCUT2D eigenvalue weighted by atomic mass is 32.2. The van der Waals surface area contributed by atoms with Crippen molar-refractivity contribution >= 4 is 29.3 Å². The van der Waals surface area contributed by atoms with Gasteiger partial charge in [0.1, 0.15) is 10.9 Å². The summed E-state index contributed by atoms with van der Waals surface area (Å²) in [5.74, 6) is -0.155. The number of aromatic nitrogens is 3. The van der Waals surface area contributed by atoms with Gasteiger partial charge < -0.3 is 5.11 Å². The fraction of sp³-hybridized carbons (Fsp3) is 0.200. The average molecular weight is 267 g/mol. The smallest absolute Gasteiger partial charge is 0.337 e. The van der Waals surface area contributed by atoms with Crippen LogP contribution >= 0.6 is 23.3 Å². The molecule has 0 aromatic carbocycles. The number of aryl methyl sites for hydroxylation is 1. The Morgan fingerprint density at radius 3 is 2.88 bits per heavy atom. The Morgan fingerprint density at radius 2 is 2.35 bits per heavy atom. The van der Waals surface area contributed by atoms with Crippen LogP contribution < -0.4 is 0 Å². The van der Waals surface area contributed by atoms with Crippen molar-refractivity contribution in [1.29, 1.82) is 0 Å². The third-order valence-corrected chi connectivity index (χ3v) is 3.68. The molecule has 88 valence electrons. The molecule has 17 heavy (non-hydrogen) atoms. The molecule has 0 radical (unpaired) electrons. The minimum Gasteiger partial charge on any atom is -0.478 e. The van der Waals surface area contributed by atoms with Crippen LogP contribution in [0, 0.1) is 0 Å². The lowest BCUT2D eigenvalue weighted by atomic mass is 10.3. The second-order valence-electron chi connectivity index (χ2n) is 3.12. The third-order valence-electron chi connectivity index (χ3n) is 1.94. The van der Waals surface area contributed by atoms with E-state index in [9.17, 15) is 4.79 Å². The fourth-order valence-corrected chi connectivity index (χ4v) is 2.67. The SMILES string of the molecule is CCc1nsc(Sc2ccc(C(=O)O)cn2)n1. The number of carboxylic acids is 1. The van der Waals surface area contributed by atoms with Crippen LogP contribution in [0.15, 0.2) is 27.7 Å². The van der Waals surface area contributed by atoms with Crippen LogP contribution in [0.1, 0.15) is 23.1 Å². The predicted molar refractivity (Wildman–Crippen MR) is 64.6 cm³/mol. The molecule has 0 saturated heterocycles. The van der Waals surface area contributed by atoms with E-state index in [0.29, 0.717) is 5.03 Å². The minimum absolute atomic E-state index is 0.181. The molecule has 2 aromatic rings. The Bertz CT molecular complexity index is 525. The lowest BCUT2D eigenvalue weighted by molar-refractivity contribution is 0.0696. The van der Waals surface area contributed by atoms with Crippen LogP contribution in [-0.4, -0.2) is 25.4 Å². The van der Waals surface area contributed by atoms with Crippen molar-refractivity contribution in [3.63, 3.8) is 0 Å². The second-order valence-corrected chi connectivity index (χ2v) is 5.14. The molecule has 0 bridgehead atoms. The number of rotatable bonds is 4. The van der Waals surface area contributed by atoms with Crippen molar-refractivity contribution in [1.82, 2.24) is 14.3 Å². The molecule has 0 spiro atoms. The van der Waals surface area contributed by atoms with Crippen LogP contribution in [0.5, 0.6) is 0 Å². The van der Waals surface area contributed by atoms with Gasteiger partial charge in [0.05, 0.1) is 5.56 Å². The van der Waals surface area contributed by atoms with E-state index in [4.69, 9.17) is 5.11 Å². The first-order valence-electron chi connectivity index (χ1n) is 4.89.